The molecule has 0 spiro atoms. The Kier molecular flexibility index (Phi) is 11.6. The molecule has 0 radical (unpaired) electrons. The number of rotatable bonds is 12. The Bertz CT molecular complexity index is 934. The Morgan fingerprint density at radius 1 is 0.939 bits per heavy atom. The molecule has 0 atom stereocenters. The molecule has 0 saturated heterocycles. The van der Waals surface area contributed by atoms with Crippen LogP contribution in [0.4, 0.5) is 5.69 Å². The van der Waals surface area contributed by atoms with E-state index >= 15 is 0 Å². The SMILES string of the molecule is CCCNC(=O)c1ccccc1NC(=S)NC(=O)CCCC(=O)OCCCc1ccccc1. The average molecular weight is 470 g/mol. The lowest BCUT2D eigenvalue weighted by atomic mass is 10.1. The first kappa shape index (κ1) is 26.0. The maximum atomic E-state index is 12.3. The molecule has 2 amide bonds. The predicted molar refractivity (Wildman–Crippen MR) is 133 cm³/mol. The standard InChI is InChI=1S/C25H31N3O4S/c1-2-17-26-24(31)20-13-6-7-14-21(20)27-25(33)28-22(29)15-8-16-23(30)32-18-9-12-19-10-4-3-5-11-19/h3-7,10-11,13-14H,2,8-9,12,15-18H2,1H3,(H,26,31)(H2,27,28,29,33). The minimum atomic E-state index is -0.316. The average Bonchev–Trinajstić information content (AvgIpc) is 2.81. The third-order valence-corrected chi connectivity index (χ3v) is 4.91. The highest BCUT2D eigenvalue weighted by Gasteiger charge is 2.13. The molecule has 0 saturated carbocycles. The van der Waals surface area contributed by atoms with Crippen LogP contribution in [-0.2, 0) is 20.7 Å². The molecule has 0 unspecified atom stereocenters. The van der Waals surface area contributed by atoms with Crippen molar-refractivity contribution in [3.8, 4) is 0 Å². The molecule has 0 aliphatic rings. The summed E-state index contributed by atoms with van der Waals surface area (Å²) >= 11 is 5.19. The molecule has 7 nitrogen and oxygen atoms in total. The number of thiocarbonyl (C=S) groups is 1. The lowest BCUT2D eigenvalue weighted by Crippen LogP contribution is -2.35. The number of ether oxygens (including phenoxy) is 1. The third kappa shape index (κ3) is 10.3. The van der Waals surface area contributed by atoms with Gasteiger partial charge >= 0.3 is 5.97 Å². The molecule has 176 valence electrons. The molecule has 2 aromatic rings. The Morgan fingerprint density at radius 3 is 2.42 bits per heavy atom. The predicted octanol–water partition coefficient (Wildman–Crippen LogP) is 3.99. The van der Waals surface area contributed by atoms with Crippen LogP contribution in [0.2, 0.25) is 0 Å². The zero-order chi connectivity index (χ0) is 23.9. The fourth-order valence-electron chi connectivity index (χ4n) is 3.04. The largest absolute Gasteiger partial charge is 0.466 e. The van der Waals surface area contributed by atoms with Gasteiger partial charge in [0, 0.05) is 19.4 Å². The van der Waals surface area contributed by atoms with E-state index in [1.54, 1.807) is 24.3 Å². The van der Waals surface area contributed by atoms with E-state index in [1.807, 2.05) is 37.3 Å². The molecule has 33 heavy (non-hydrogen) atoms. The first-order valence-corrected chi connectivity index (χ1v) is 11.6. The molecule has 0 fully saturated rings. The summed E-state index contributed by atoms with van der Waals surface area (Å²) in [5.74, 6) is -0.836. The van der Waals surface area contributed by atoms with Crippen molar-refractivity contribution in [3.05, 3.63) is 65.7 Å². The summed E-state index contributed by atoms with van der Waals surface area (Å²) < 4.78 is 5.22. The van der Waals surface area contributed by atoms with Crippen molar-refractivity contribution < 1.29 is 19.1 Å². The molecule has 2 aromatic carbocycles. The number of carbonyl (C=O) groups is 3. The minimum absolute atomic E-state index is 0.0965. The smallest absolute Gasteiger partial charge is 0.305 e. The zero-order valence-corrected chi connectivity index (χ0v) is 19.7. The van der Waals surface area contributed by atoms with Crippen LogP contribution >= 0.6 is 12.2 Å². The number of benzene rings is 2. The maximum absolute atomic E-state index is 12.3. The van der Waals surface area contributed by atoms with Crippen LogP contribution < -0.4 is 16.0 Å². The first-order chi connectivity index (χ1) is 16.0. The van der Waals surface area contributed by atoms with Crippen LogP contribution in [0, 0.1) is 0 Å². The minimum Gasteiger partial charge on any atom is -0.466 e. The van der Waals surface area contributed by atoms with Crippen molar-refractivity contribution in [2.45, 2.75) is 45.4 Å². The second-order valence-corrected chi connectivity index (χ2v) is 7.88. The van der Waals surface area contributed by atoms with Gasteiger partial charge in [0.05, 0.1) is 17.9 Å². The summed E-state index contributed by atoms with van der Waals surface area (Å²) in [7, 11) is 0. The van der Waals surface area contributed by atoms with Gasteiger partial charge in [0.2, 0.25) is 5.91 Å². The van der Waals surface area contributed by atoms with Crippen LogP contribution in [0.3, 0.4) is 0 Å². The van der Waals surface area contributed by atoms with Crippen LogP contribution in [-0.4, -0.2) is 36.0 Å². The summed E-state index contributed by atoms with van der Waals surface area (Å²) in [6.45, 7) is 2.91. The third-order valence-electron chi connectivity index (χ3n) is 4.71. The second-order valence-electron chi connectivity index (χ2n) is 7.47. The van der Waals surface area contributed by atoms with Crippen molar-refractivity contribution in [2.24, 2.45) is 0 Å². The number of amides is 2. The molecule has 2 rings (SSSR count). The summed E-state index contributed by atoms with van der Waals surface area (Å²) in [5.41, 5.74) is 2.16. The van der Waals surface area contributed by atoms with E-state index in [0.717, 1.165) is 19.3 Å². The molecule has 8 heteroatoms. The van der Waals surface area contributed by atoms with Crippen LogP contribution in [0.15, 0.2) is 54.6 Å². The Morgan fingerprint density at radius 2 is 1.67 bits per heavy atom. The highest BCUT2D eigenvalue weighted by atomic mass is 32.1. The zero-order valence-electron chi connectivity index (χ0n) is 18.9. The number of aryl methyl sites for hydroxylation is 1. The van der Waals surface area contributed by atoms with E-state index in [2.05, 4.69) is 16.0 Å². The summed E-state index contributed by atoms with van der Waals surface area (Å²) in [6, 6.07) is 16.9. The Labute approximate surface area is 200 Å². The summed E-state index contributed by atoms with van der Waals surface area (Å²) in [5, 5.41) is 8.38. The van der Waals surface area contributed by atoms with E-state index in [0.29, 0.717) is 30.8 Å². The van der Waals surface area contributed by atoms with E-state index in [-0.39, 0.29) is 35.7 Å². The van der Waals surface area contributed by atoms with Crippen LogP contribution in [0.5, 0.6) is 0 Å². The quantitative estimate of drug-likeness (QED) is 0.247. The number of hydrogen-bond acceptors (Lipinski definition) is 5. The van der Waals surface area contributed by atoms with Gasteiger partial charge in [-0.1, -0.05) is 49.4 Å². The van der Waals surface area contributed by atoms with Gasteiger partial charge in [-0.15, -0.1) is 0 Å². The van der Waals surface area contributed by atoms with Crippen LogP contribution in [0.1, 0.15) is 54.9 Å². The number of hydrogen-bond donors (Lipinski definition) is 3. The lowest BCUT2D eigenvalue weighted by molar-refractivity contribution is -0.143. The van der Waals surface area contributed by atoms with Crippen molar-refractivity contribution in [2.75, 3.05) is 18.5 Å². The second kappa shape index (κ2) is 14.7. The van der Waals surface area contributed by atoms with Crippen molar-refractivity contribution in [1.29, 1.82) is 0 Å². The van der Waals surface area contributed by atoms with Gasteiger partial charge in [0.25, 0.3) is 5.91 Å². The van der Waals surface area contributed by atoms with Crippen LogP contribution in [0.25, 0.3) is 0 Å². The fourth-order valence-corrected chi connectivity index (χ4v) is 3.26. The lowest BCUT2D eigenvalue weighted by Gasteiger charge is -2.13. The van der Waals surface area contributed by atoms with Gasteiger partial charge in [-0.2, -0.15) is 0 Å². The van der Waals surface area contributed by atoms with Gasteiger partial charge in [-0.3, -0.25) is 14.4 Å². The highest BCUT2D eigenvalue weighted by Crippen LogP contribution is 2.15. The molecular weight excluding hydrogens is 438 g/mol. The molecule has 0 aliphatic heterocycles. The fraction of sp³-hybridized carbons (Fsp3) is 0.360. The molecular formula is C25H31N3O4S. The van der Waals surface area contributed by atoms with Gasteiger partial charge < -0.3 is 20.7 Å². The van der Waals surface area contributed by atoms with Gasteiger partial charge in [0.1, 0.15) is 0 Å². The highest BCUT2D eigenvalue weighted by molar-refractivity contribution is 7.80. The molecule has 0 aliphatic carbocycles. The number of para-hydroxylation sites is 1. The van der Waals surface area contributed by atoms with E-state index in [4.69, 9.17) is 17.0 Å². The Balaban J connectivity index is 1.64. The molecule has 0 heterocycles. The van der Waals surface area contributed by atoms with E-state index in [9.17, 15) is 14.4 Å². The maximum Gasteiger partial charge on any atom is 0.305 e. The molecule has 3 N–H and O–H groups in total. The van der Waals surface area contributed by atoms with E-state index < -0.39 is 0 Å². The topological polar surface area (TPSA) is 96.5 Å². The number of carbonyl (C=O) groups excluding carboxylic acids is 3. The normalized spacial score (nSPS) is 10.2. The van der Waals surface area contributed by atoms with Gasteiger partial charge in [-0.05, 0) is 55.6 Å². The first-order valence-electron chi connectivity index (χ1n) is 11.2. The monoisotopic (exact) mass is 469 g/mol. The van der Waals surface area contributed by atoms with Crippen molar-refractivity contribution in [3.63, 3.8) is 0 Å². The molecule has 0 aromatic heterocycles. The van der Waals surface area contributed by atoms with Gasteiger partial charge in [-0.25, -0.2) is 0 Å². The van der Waals surface area contributed by atoms with E-state index in [1.165, 1.54) is 5.56 Å². The number of esters is 1. The Hall–Kier alpha value is -3.26. The molecule has 0 bridgehead atoms. The summed E-state index contributed by atoms with van der Waals surface area (Å²) in [6.07, 6.45) is 3.11. The number of nitrogens with one attached hydrogen (secondary N) is 3. The number of anilines is 1. The van der Waals surface area contributed by atoms with Gasteiger partial charge in [0.15, 0.2) is 5.11 Å². The van der Waals surface area contributed by atoms with Crippen molar-refractivity contribution >= 4 is 40.8 Å². The van der Waals surface area contributed by atoms with Crippen molar-refractivity contribution in [1.82, 2.24) is 10.6 Å². The summed E-state index contributed by atoms with van der Waals surface area (Å²) in [4.78, 5) is 36.3.